The average molecular weight is 280 g/mol. The summed E-state index contributed by atoms with van der Waals surface area (Å²) in [7, 11) is 0. The largest absolute Gasteiger partial charge is 0.399 e. The summed E-state index contributed by atoms with van der Waals surface area (Å²) in [5.41, 5.74) is 17.4. The summed E-state index contributed by atoms with van der Waals surface area (Å²) >= 11 is 0. The van der Waals surface area contributed by atoms with Crippen molar-refractivity contribution in [3.8, 4) is 16.9 Å². The second-order valence-corrected chi connectivity index (χ2v) is 5.20. The van der Waals surface area contributed by atoms with Crippen molar-refractivity contribution < 1.29 is 4.39 Å². The first kappa shape index (κ1) is 12.0. The van der Waals surface area contributed by atoms with E-state index >= 15 is 0 Å². The van der Waals surface area contributed by atoms with Gasteiger partial charge in [-0.25, -0.2) is 9.07 Å². The van der Waals surface area contributed by atoms with Gasteiger partial charge in [-0.2, -0.15) is 5.10 Å². The monoisotopic (exact) mass is 280 g/mol. The van der Waals surface area contributed by atoms with E-state index in [1.54, 1.807) is 16.8 Å². The average Bonchev–Trinajstić information content (AvgIpc) is 2.96. The molecule has 0 unspecified atom stereocenters. The topological polar surface area (TPSA) is 69.9 Å². The van der Waals surface area contributed by atoms with E-state index in [9.17, 15) is 4.39 Å². The molecule has 0 radical (unpaired) electrons. The molecule has 3 aromatic rings. The summed E-state index contributed by atoms with van der Waals surface area (Å²) in [5, 5.41) is 4.56. The molecule has 0 amide bonds. The Bertz CT molecular complexity index is 867. The van der Waals surface area contributed by atoms with Gasteiger partial charge in [0.05, 0.1) is 11.4 Å². The third-order valence-corrected chi connectivity index (χ3v) is 3.83. The molecule has 1 aliphatic rings. The van der Waals surface area contributed by atoms with Crippen molar-refractivity contribution >= 4 is 11.5 Å². The van der Waals surface area contributed by atoms with Crippen LogP contribution in [0.1, 0.15) is 11.1 Å². The van der Waals surface area contributed by atoms with Crippen LogP contribution in [0.3, 0.4) is 0 Å². The van der Waals surface area contributed by atoms with Crippen LogP contribution in [0, 0.1) is 5.82 Å². The minimum Gasteiger partial charge on any atom is -0.399 e. The van der Waals surface area contributed by atoms with Crippen molar-refractivity contribution in [3.05, 3.63) is 59.4 Å². The van der Waals surface area contributed by atoms with Crippen LogP contribution in [0.4, 0.5) is 15.9 Å². The van der Waals surface area contributed by atoms with E-state index in [1.807, 2.05) is 18.2 Å². The molecular weight excluding hydrogens is 267 g/mol. The zero-order valence-corrected chi connectivity index (χ0v) is 11.2. The van der Waals surface area contributed by atoms with Gasteiger partial charge >= 0.3 is 0 Å². The number of nitrogens with two attached hydrogens (primary N) is 2. The molecule has 0 fully saturated rings. The van der Waals surface area contributed by atoms with E-state index in [0.717, 1.165) is 28.1 Å². The molecule has 0 aliphatic heterocycles. The Hall–Kier alpha value is -2.82. The molecule has 5 heteroatoms. The normalized spacial score (nSPS) is 12.2. The van der Waals surface area contributed by atoms with E-state index in [-0.39, 0.29) is 5.82 Å². The number of anilines is 2. The van der Waals surface area contributed by atoms with Gasteiger partial charge in [-0.15, -0.1) is 0 Å². The Labute approximate surface area is 120 Å². The molecule has 0 spiro atoms. The van der Waals surface area contributed by atoms with Crippen molar-refractivity contribution in [2.24, 2.45) is 0 Å². The summed E-state index contributed by atoms with van der Waals surface area (Å²) in [6.45, 7) is 0. The zero-order valence-electron chi connectivity index (χ0n) is 11.2. The lowest BCUT2D eigenvalue weighted by Crippen LogP contribution is -2.04. The minimum atomic E-state index is -0.310. The Morgan fingerprint density at radius 3 is 2.76 bits per heavy atom. The van der Waals surface area contributed by atoms with Crippen LogP contribution in [0.25, 0.3) is 16.9 Å². The minimum absolute atomic E-state index is 0.310. The van der Waals surface area contributed by atoms with Crippen molar-refractivity contribution in [3.63, 3.8) is 0 Å². The summed E-state index contributed by atoms with van der Waals surface area (Å²) in [6.07, 6.45) is 0.705. The number of fused-ring (bicyclic) bond motifs is 3. The molecule has 0 saturated heterocycles. The molecule has 0 bridgehead atoms. The molecule has 104 valence electrons. The Morgan fingerprint density at radius 1 is 1.10 bits per heavy atom. The molecule has 0 atom stereocenters. The fraction of sp³-hybridized carbons (Fsp3) is 0.0625. The predicted octanol–water partition coefficient (Wildman–Crippen LogP) is 2.75. The predicted molar refractivity (Wildman–Crippen MR) is 80.6 cm³/mol. The van der Waals surface area contributed by atoms with Gasteiger partial charge in [0.25, 0.3) is 0 Å². The molecule has 4 N–H and O–H groups in total. The van der Waals surface area contributed by atoms with Gasteiger partial charge in [0.15, 0.2) is 0 Å². The first-order valence-corrected chi connectivity index (χ1v) is 6.65. The van der Waals surface area contributed by atoms with E-state index < -0.39 is 0 Å². The highest BCUT2D eigenvalue weighted by atomic mass is 19.1. The molecule has 4 nitrogen and oxygen atoms in total. The Morgan fingerprint density at radius 2 is 1.95 bits per heavy atom. The second-order valence-electron chi connectivity index (χ2n) is 5.20. The van der Waals surface area contributed by atoms with Crippen molar-refractivity contribution in [1.82, 2.24) is 9.78 Å². The molecule has 1 aromatic heterocycles. The standard InChI is InChI=1S/C16H13FN4/c17-10-2-1-3-12(8-10)21-16(19)14-7-9-6-11(18)4-5-13(9)15(14)20-21/h1-6,8H,7,18-19H2. The zero-order chi connectivity index (χ0) is 14.6. The molecule has 0 saturated carbocycles. The first-order chi connectivity index (χ1) is 10.1. The number of benzene rings is 2. The second kappa shape index (κ2) is 4.09. The number of hydrogen-bond donors (Lipinski definition) is 2. The Balaban J connectivity index is 1.89. The van der Waals surface area contributed by atoms with Gasteiger partial charge < -0.3 is 11.5 Å². The smallest absolute Gasteiger partial charge is 0.131 e. The Kier molecular flexibility index (Phi) is 2.33. The number of nitrogen functional groups attached to an aromatic ring is 2. The fourth-order valence-electron chi connectivity index (χ4n) is 2.84. The summed E-state index contributed by atoms with van der Waals surface area (Å²) in [6, 6.07) is 12.0. The van der Waals surface area contributed by atoms with Crippen LogP contribution < -0.4 is 11.5 Å². The molecule has 4 rings (SSSR count). The quantitative estimate of drug-likeness (QED) is 0.527. The number of rotatable bonds is 1. The van der Waals surface area contributed by atoms with Crippen LogP contribution in [-0.4, -0.2) is 9.78 Å². The van der Waals surface area contributed by atoms with Crippen molar-refractivity contribution in [2.75, 3.05) is 11.5 Å². The molecule has 1 heterocycles. The first-order valence-electron chi connectivity index (χ1n) is 6.65. The number of hydrogen-bond acceptors (Lipinski definition) is 3. The highest BCUT2D eigenvalue weighted by molar-refractivity contribution is 5.79. The van der Waals surface area contributed by atoms with Crippen LogP contribution in [0.15, 0.2) is 42.5 Å². The maximum atomic E-state index is 13.4. The van der Waals surface area contributed by atoms with Crippen LogP contribution >= 0.6 is 0 Å². The molecule has 21 heavy (non-hydrogen) atoms. The van der Waals surface area contributed by atoms with Gasteiger partial charge in [0.1, 0.15) is 11.6 Å². The number of nitrogens with zero attached hydrogens (tertiary/aromatic N) is 2. The van der Waals surface area contributed by atoms with Gasteiger partial charge in [-0.3, -0.25) is 0 Å². The van der Waals surface area contributed by atoms with Crippen LogP contribution in [-0.2, 0) is 6.42 Å². The van der Waals surface area contributed by atoms with E-state index in [4.69, 9.17) is 11.5 Å². The SMILES string of the molecule is Nc1ccc2c(c1)Cc1c-2nn(-c2cccc(F)c2)c1N. The summed E-state index contributed by atoms with van der Waals surface area (Å²) in [4.78, 5) is 0. The van der Waals surface area contributed by atoms with Crippen molar-refractivity contribution in [1.29, 1.82) is 0 Å². The van der Waals surface area contributed by atoms with E-state index in [0.29, 0.717) is 17.9 Å². The molecule has 1 aliphatic carbocycles. The third kappa shape index (κ3) is 1.71. The van der Waals surface area contributed by atoms with Crippen molar-refractivity contribution in [2.45, 2.75) is 6.42 Å². The van der Waals surface area contributed by atoms with Crippen LogP contribution in [0.5, 0.6) is 0 Å². The lowest BCUT2D eigenvalue weighted by Gasteiger charge is -2.06. The fourth-order valence-corrected chi connectivity index (χ4v) is 2.84. The van der Waals surface area contributed by atoms with Gasteiger partial charge in [0.2, 0.25) is 0 Å². The summed E-state index contributed by atoms with van der Waals surface area (Å²) in [5.74, 6) is 0.237. The maximum Gasteiger partial charge on any atom is 0.131 e. The highest BCUT2D eigenvalue weighted by Crippen LogP contribution is 2.40. The van der Waals surface area contributed by atoms with Crippen LogP contribution in [0.2, 0.25) is 0 Å². The lowest BCUT2D eigenvalue weighted by molar-refractivity contribution is 0.625. The van der Waals surface area contributed by atoms with Gasteiger partial charge in [-0.05, 0) is 35.9 Å². The number of halogens is 1. The molecular formula is C16H13FN4. The maximum absolute atomic E-state index is 13.4. The lowest BCUT2D eigenvalue weighted by atomic mass is 10.1. The van der Waals surface area contributed by atoms with Gasteiger partial charge in [-0.1, -0.05) is 12.1 Å². The van der Waals surface area contributed by atoms with E-state index in [2.05, 4.69) is 5.10 Å². The number of aromatic nitrogens is 2. The highest BCUT2D eigenvalue weighted by Gasteiger charge is 2.26. The molecule has 2 aromatic carbocycles. The van der Waals surface area contributed by atoms with E-state index in [1.165, 1.54) is 12.1 Å². The third-order valence-electron chi connectivity index (χ3n) is 3.83. The summed E-state index contributed by atoms with van der Waals surface area (Å²) < 4.78 is 15.0. The van der Waals surface area contributed by atoms with Gasteiger partial charge in [0, 0.05) is 23.2 Å².